The minimum absolute atomic E-state index is 0.337. The van der Waals surface area contributed by atoms with E-state index in [9.17, 15) is 0 Å². The molecule has 0 spiro atoms. The van der Waals surface area contributed by atoms with Gasteiger partial charge in [0.15, 0.2) is 0 Å². The van der Waals surface area contributed by atoms with Gasteiger partial charge in [-0.25, -0.2) is 4.99 Å². The smallest absolute Gasteiger partial charge is 0.205 e. The predicted molar refractivity (Wildman–Crippen MR) is 181 cm³/mol. The van der Waals surface area contributed by atoms with Crippen LogP contribution in [0.25, 0.3) is 49.3 Å². The summed E-state index contributed by atoms with van der Waals surface area (Å²) in [6.07, 6.45) is 0. The number of hydrogen-bond donors (Lipinski definition) is 2. The number of aromatic nitrogens is 2. The van der Waals surface area contributed by atoms with Crippen LogP contribution in [0.5, 0.6) is 0 Å². The highest BCUT2D eigenvalue weighted by molar-refractivity contribution is 6.25. The van der Waals surface area contributed by atoms with Gasteiger partial charge in [-0.3, -0.25) is 4.57 Å². The quantitative estimate of drug-likeness (QED) is 0.226. The Morgan fingerprint density at radius 2 is 1.02 bits per heavy atom. The summed E-state index contributed by atoms with van der Waals surface area (Å²) in [5, 5.41) is 8.51. The Bertz CT molecular complexity index is 2370. The Morgan fingerprint density at radius 1 is 0.523 bits per heavy atom. The second kappa shape index (κ2) is 9.43. The number of nitrogens with one attached hydrogen (secondary N) is 1. The molecule has 0 fully saturated rings. The molecule has 5 nitrogen and oxygen atoms in total. The molecule has 0 saturated carbocycles. The molecule has 3 heterocycles. The van der Waals surface area contributed by atoms with Crippen LogP contribution in [0.4, 0.5) is 0 Å². The number of fused-ring (bicyclic) bond motifs is 7. The van der Waals surface area contributed by atoms with Crippen LogP contribution in [-0.2, 0) is 5.66 Å². The van der Waals surface area contributed by atoms with E-state index in [1.165, 1.54) is 27.1 Å². The highest BCUT2D eigenvalue weighted by atomic mass is 15.4. The minimum Gasteiger partial charge on any atom is -0.332 e. The third-order valence-electron chi connectivity index (χ3n) is 9.06. The Morgan fingerprint density at radius 3 is 1.66 bits per heavy atom. The summed E-state index contributed by atoms with van der Waals surface area (Å²) in [6.45, 7) is 0. The van der Waals surface area contributed by atoms with Gasteiger partial charge in [0.25, 0.3) is 0 Å². The van der Waals surface area contributed by atoms with Gasteiger partial charge in [0, 0.05) is 27.2 Å². The number of nitrogens with zero attached hydrogens (tertiary/aromatic N) is 3. The lowest BCUT2D eigenvalue weighted by molar-refractivity contribution is 0.361. The number of benzene rings is 6. The molecule has 6 aromatic carbocycles. The van der Waals surface area contributed by atoms with Gasteiger partial charge in [0.1, 0.15) is 11.7 Å². The first-order valence-corrected chi connectivity index (χ1v) is 15.0. The Balaban J connectivity index is 1.41. The van der Waals surface area contributed by atoms with Crippen molar-refractivity contribution in [1.29, 1.82) is 0 Å². The molecule has 44 heavy (non-hydrogen) atoms. The maximum Gasteiger partial charge on any atom is 0.205 e. The normalized spacial score (nSPS) is 18.3. The highest BCUT2D eigenvalue weighted by Crippen LogP contribution is 2.43. The predicted octanol–water partition coefficient (Wildman–Crippen LogP) is 8.25. The lowest BCUT2D eigenvalue weighted by Crippen LogP contribution is -2.53. The molecule has 0 aliphatic carbocycles. The standard InChI is InChI=1S/C39H29N5/c40-39(27-16-6-2-7-17-27)37(26-14-4-1-5-15-26)41-38(42-39)44-34-23-13-11-21-30(34)32-25-24-31-29-20-10-12-22-33(29)43(35(31)36(32)44)28-18-8-3-9-19-28/h1-25,37H,40H2,(H,41,42)/t37?,39-/m0/s1. The minimum atomic E-state index is -0.949. The van der Waals surface area contributed by atoms with Crippen molar-refractivity contribution in [2.24, 2.45) is 10.7 Å². The second-order valence-corrected chi connectivity index (χ2v) is 11.5. The van der Waals surface area contributed by atoms with Crippen molar-refractivity contribution in [1.82, 2.24) is 14.5 Å². The fraction of sp³-hybridized carbons (Fsp3) is 0.0513. The first-order chi connectivity index (χ1) is 21.7. The van der Waals surface area contributed by atoms with Gasteiger partial charge in [-0.2, -0.15) is 0 Å². The molecule has 9 rings (SSSR count). The van der Waals surface area contributed by atoms with Gasteiger partial charge in [0.2, 0.25) is 5.96 Å². The molecule has 0 amide bonds. The van der Waals surface area contributed by atoms with E-state index in [2.05, 4.69) is 142 Å². The van der Waals surface area contributed by atoms with Crippen molar-refractivity contribution in [2.45, 2.75) is 11.7 Å². The molecular formula is C39H29N5. The Kier molecular flexibility index (Phi) is 5.34. The van der Waals surface area contributed by atoms with Crippen molar-refractivity contribution in [3.8, 4) is 5.69 Å². The van der Waals surface area contributed by atoms with Crippen LogP contribution < -0.4 is 11.1 Å². The van der Waals surface area contributed by atoms with E-state index in [-0.39, 0.29) is 6.04 Å². The van der Waals surface area contributed by atoms with Crippen LogP contribution >= 0.6 is 0 Å². The molecule has 0 bridgehead atoms. The molecule has 0 radical (unpaired) electrons. The molecule has 1 unspecified atom stereocenters. The SMILES string of the molecule is N[C@@]1(c2ccccc2)NC(n2c3ccccc3c3ccc4c5ccccc5n(-c5ccccc5)c4c32)=NC1c1ccccc1. The van der Waals surface area contributed by atoms with E-state index in [0.717, 1.165) is 39.3 Å². The molecule has 0 saturated heterocycles. The first kappa shape index (κ1) is 24.9. The van der Waals surface area contributed by atoms with E-state index in [0.29, 0.717) is 0 Å². The third kappa shape index (κ3) is 3.47. The van der Waals surface area contributed by atoms with Crippen molar-refractivity contribution in [2.75, 3.05) is 0 Å². The summed E-state index contributed by atoms with van der Waals surface area (Å²) in [5.41, 5.74) is 14.1. The average Bonchev–Trinajstić information content (AvgIpc) is 3.74. The van der Waals surface area contributed by atoms with Gasteiger partial charge in [-0.15, -0.1) is 0 Å². The summed E-state index contributed by atoms with van der Waals surface area (Å²) in [7, 11) is 0. The summed E-state index contributed by atoms with van der Waals surface area (Å²) < 4.78 is 4.68. The Hall–Kier alpha value is -5.65. The van der Waals surface area contributed by atoms with Gasteiger partial charge in [0.05, 0.1) is 22.1 Å². The zero-order valence-electron chi connectivity index (χ0n) is 23.9. The van der Waals surface area contributed by atoms with Crippen LogP contribution in [-0.4, -0.2) is 15.1 Å². The first-order valence-electron chi connectivity index (χ1n) is 15.0. The summed E-state index contributed by atoms with van der Waals surface area (Å²) in [4.78, 5) is 5.43. The van der Waals surface area contributed by atoms with Gasteiger partial charge in [-0.1, -0.05) is 127 Å². The average molecular weight is 568 g/mol. The lowest BCUT2D eigenvalue weighted by Gasteiger charge is -2.31. The fourth-order valence-electron chi connectivity index (χ4n) is 7.11. The maximum atomic E-state index is 7.39. The monoisotopic (exact) mass is 567 g/mol. The zero-order valence-corrected chi connectivity index (χ0v) is 23.9. The molecule has 3 N–H and O–H groups in total. The van der Waals surface area contributed by atoms with Crippen LogP contribution in [0.15, 0.2) is 157 Å². The summed E-state index contributed by atoms with van der Waals surface area (Å²) in [6, 6.07) is 52.7. The number of hydrogen-bond acceptors (Lipinski definition) is 3. The van der Waals surface area contributed by atoms with Crippen molar-refractivity contribution in [3.05, 3.63) is 163 Å². The number of rotatable bonds is 3. The molecule has 1 aliphatic rings. The van der Waals surface area contributed by atoms with E-state index in [1.54, 1.807) is 0 Å². The zero-order chi connectivity index (χ0) is 29.3. The van der Waals surface area contributed by atoms with E-state index in [4.69, 9.17) is 10.7 Å². The number of nitrogens with two attached hydrogens (primary N) is 1. The molecular weight excluding hydrogens is 538 g/mol. The number of aliphatic imine (C=N–C) groups is 1. The van der Waals surface area contributed by atoms with Crippen LogP contribution in [0, 0.1) is 0 Å². The van der Waals surface area contributed by atoms with Gasteiger partial charge in [-0.05, 0) is 35.4 Å². The van der Waals surface area contributed by atoms with Crippen molar-refractivity contribution < 1.29 is 0 Å². The largest absolute Gasteiger partial charge is 0.332 e. The van der Waals surface area contributed by atoms with Gasteiger partial charge >= 0.3 is 0 Å². The topological polar surface area (TPSA) is 60.3 Å². The van der Waals surface area contributed by atoms with E-state index >= 15 is 0 Å². The van der Waals surface area contributed by atoms with E-state index in [1.807, 2.05) is 24.3 Å². The van der Waals surface area contributed by atoms with Crippen LogP contribution in [0.2, 0.25) is 0 Å². The molecule has 2 atom stereocenters. The lowest BCUT2D eigenvalue weighted by atomic mass is 9.89. The van der Waals surface area contributed by atoms with Gasteiger partial charge < -0.3 is 15.6 Å². The summed E-state index contributed by atoms with van der Waals surface area (Å²) >= 11 is 0. The molecule has 1 aliphatic heterocycles. The van der Waals surface area contributed by atoms with E-state index < -0.39 is 5.66 Å². The Labute approximate surface area is 254 Å². The molecule has 5 heteroatoms. The third-order valence-corrected chi connectivity index (χ3v) is 9.06. The van der Waals surface area contributed by atoms with Crippen molar-refractivity contribution >= 4 is 49.6 Å². The summed E-state index contributed by atoms with van der Waals surface area (Å²) in [5.74, 6) is 0.730. The molecule has 2 aromatic heterocycles. The van der Waals surface area contributed by atoms with Crippen molar-refractivity contribution in [3.63, 3.8) is 0 Å². The molecule has 8 aromatic rings. The number of para-hydroxylation sites is 3. The van der Waals surface area contributed by atoms with Crippen LogP contribution in [0.3, 0.4) is 0 Å². The second-order valence-electron chi connectivity index (χ2n) is 11.5. The van der Waals surface area contributed by atoms with Crippen LogP contribution in [0.1, 0.15) is 17.2 Å². The molecule has 210 valence electrons. The fourth-order valence-corrected chi connectivity index (χ4v) is 7.11. The highest BCUT2D eigenvalue weighted by Gasteiger charge is 2.44. The maximum absolute atomic E-state index is 7.39.